The molecule has 0 unspecified atom stereocenters. The minimum atomic E-state index is 0.271. The highest BCUT2D eigenvalue weighted by atomic mass is 15.3. The maximum absolute atomic E-state index is 4.35. The summed E-state index contributed by atoms with van der Waals surface area (Å²) >= 11 is 0. The zero-order chi connectivity index (χ0) is 15.5. The first-order valence-corrected chi connectivity index (χ1v) is 7.95. The van der Waals surface area contributed by atoms with Crippen molar-refractivity contribution in [1.82, 2.24) is 34.8 Å². The standard InChI is InChI=1S/C16H19N7/c1-2-6-13(7-3-1)23-12-19-20-15(23)10-22-9-5-4-8-14(22)16-17-11-18-21-16/h1-3,6-7,11-12,14H,4-5,8-10H2,(H,17,18,21)/t14-/m0/s1. The summed E-state index contributed by atoms with van der Waals surface area (Å²) in [6, 6.07) is 10.5. The Balaban J connectivity index is 1.59. The Bertz CT molecular complexity index is 735. The monoisotopic (exact) mass is 309 g/mol. The molecule has 3 aromatic rings. The quantitative estimate of drug-likeness (QED) is 0.799. The summed E-state index contributed by atoms with van der Waals surface area (Å²) in [5.41, 5.74) is 1.08. The number of benzene rings is 1. The molecule has 0 radical (unpaired) electrons. The molecule has 2 aromatic heterocycles. The molecule has 1 saturated heterocycles. The molecule has 0 saturated carbocycles. The van der Waals surface area contributed by atoms with E-state index in [1.54, 1.807) is 12.7 Å². The number of aromatic nitrogens is 6. The first kappa shape index (κ1) is 14.1. The van der Waals surface area contributed by atoms with E-state index in [0.29, 0.717) is 0 Å². The zero-order valence-electron chi connectivity index (χ0n) is 12.8. The molecule has 0 spiro atoms. The summed E-state index contributed by atoms with van der Waals surface area (Å²) in [6.45, 7) is 1.78. The summed E-state index contributed by atoms with van der Waals surface area (Å²) in [4.78, 5) is 6.76. The first-order chi connectivity index (χ1) is 11.4. The number of nitrogens with one attached hydrogen (secondary N) is 1. The van der Waals surface area contributed by atoms with Crippen LogP contribution in [-0.2, 0) is 6.54 Å². The van der Waals surface area contributed by atoms with E-state index in [2.05, 4.69) is 42.4 Å². The molecule has 1 fully saturated rings. The number of aromatic amines is 1. The van der Waals surface area contributed by atoms with Crippen molar-refractivity contribution in [2.45, 2.75) is 31.8 Å². The van der Waals surface area contributed by atoms with Crippen molar-refractivity contribution in [3.8, 4) is 5.69 Å². The van der Waals surface area contributed by atoms with Crippen LogP contribution in [0.15, 0.2) is 43.0 Å². The van der Waals surface area contributed by atoms with Gasteiger partial charge in [0.1, 0.15) is 18.5 Å². The summed E-state index contributed by atoms with van der Waals surface area (Å²) < 4.78 is 2.05. The van der Waals surface area contributed by atoms with Crippen LogP contribution in [0, 0.1) is 0 Å². The first-order valence-electron chi connectivity index (χ1n) is 7.95. The number of nitrogens with zero attached hydrogens (tertiary/aromatic N) is 6. The minimum Gasteiger partial charge on any atom is -0.286 e. The van der Waals surface area contributed by atoms with Crippen LogP contribution in [0.3, 0.4) is 0 Å². The van der Waals surface area contributed by atoms with Gasteiger partial charge >= 0.3 is 0 Å². The van der Waals surface area contributed by atoms with Gasteiger partial charge in [0.05, 0.1) is 12.6 Å². The lowest BCUT2D eigenvalue weighted by atomic mass is 10.0. The van der Waals surface area contributed by atoms with Crippen LogP contribution in [0.4, 0.5) is 0 Å². The molecule has 118 valence electrons. The molecule has 1 aromatic carbocycles. The molecule has 0 bridgehead atoms. The number of piperidine rings is 1. The fraction of sp³-hybridized carbons (Fsp3) is 0.375. The van der Waals surface area contributed by atoms with Gasteiger partial charge in [-0.3, -0.25) is 14.6 Å². The summed E-state index contributed by atoms with van der Waals surface area (Å²) in [7, 11) is 0. The Morgan fingerprint density at radius 1 is 1.17 bits per heavy atom. The smallest absolute Gasteiger partial charge is 0.151 e. The summed E-state index contributed by atoms with van der Waals surface area (Å²) in [5.74, 6) is 1.89. The van der Waals surface area contributed by atoms with Crippen molar-refractivity contribution >= 4 is 0 Å². The Labute approximate surface area is 134 Å². The normalized spacial score (nSPS) is 19.0. The number of hydrogen-bond acceptors (Lipinski definition) is 5. The van der Waals surface area contributed by atoms with Crippen LogP contribution in [0.25, 0.3) is 5.69 Å². The van der Waals surface area contributed by atoms with Crippen molar-refractivity contribution in [3.05, 3.63) is 54.6 Å². The third-order valence-corrected chi connectivity index (χ3v) is 4.36. The molecule has 1 aliphatic rings. The number of H-pyrrole nitrogens is 1. The van der Waals surface area contributed by atoms with Crippen LogP contribution in [0.5, 0.6) is 0 Å². The summed E-state index contributed by atoms with van der Waals surface area (Å²) in [5, 5.41) is 15.4. The van der Waals surface area contributed by atoms with Crippen molar-refractivity contribution in [1.29, 1.82) is 0 Å². The lowest BCUT2D eigenvalue weighted by molar-refractivity contribution is 0.130. The Morgan fingerprint density at radius 3 is 2.91 bits per heavy atom. The van der Waals surface area contributed by atoms with Crippen LogP contribution in [-0.4, -0.2) is 41.4 Å². The Morgan fingerprint density at radius 2 is 2.09 bits per heavy atom. The highest BCUT2D eigenvalue weighted by Crippen LogP contribution is 2.29. The van der Waals surface area contributed by atoms with Crippen molar-refractivity contribution in [2.75, 3.05) is 6.54 Å². The molecular weight excluding hydrogens is 290 g/mol. The molecule has 1 N–H and O–H groups in total. The van der Waals surface area contributed by atoms with Gasteiger partial charge in [0.2, 0.25) is 0 Å². The van der Waals surface area contributed by atoms with E-state index in [9.17, 15) is 0 Å². The van der Waals surface area contributed by atoms with Gasteiger partial charge in [-0.2, -0.15) is 5.10 Å². The highest BCUT2D eigenvalue weighted by Gasteiger charge is 2.27. The lowest BCUT2D eigenvalue weighted by Gasteiger charge is -2.33. The van der Waals surface area contributed by atoms with Gasteiger partial charge in [0.25, 0.3) is 0 Å². The molecule has 1 aliphatic heterocycles. The predicted octanol–water partition coefficient (Wildman–Crippen LogP) is 2.11. The third-order valence-electron chi connectivity index (χ3n) is 4.36. The van der Waals surface area contributed by atoms with Crippen LogP contribution >= 0.6 is 0 Å². The maximum Gasteiger partial charge on any atom is 0.151 e. The van der Waals surface area contributed by atoms with E-state index >= 15 is 0 Å². The van der Waals surface area contributed by atoms with Crippen LogP contribution in [0.1, 0.15) is 37.0 Å². The zero-order valence-corrected chi connectivity index (χ0v) is 12.8. The minimum absolute atomic E-state index is 0.271. The van der Waals surface area contributed by atoms with E-state index in [1.807, 2.05) is 22.8 Å². The lowest BCUT2D eigenvalue weighted by Crippen LogP contribution is -2.34. The molecule has 23 heavy (non-hydrogen) atoms. The second-order valence-electron chi connectivity index (χ2n) is 5.81. The molecule has 0 amide bonds. The molecule has 3 heterocycles. The fourth-order valence-electron chi connectivity index (χ4n) is 3.22. The van der Waals surface area contributed by atoms with E-state index in [0.717, 1.165) is 36.8 Å². The second-order valence-corrected chi connectivity index (χ2v) is 5.81. The number of likely N-dealkylation sites (tertiary alicyclic amines) is 1. The number of rotatable bonds is 4. The molecular formula is C16H19N7. The van der Waals surface area contributed by atoms with Gasteiger partial charge in [-0.1, -0.05) is 24.6 Å². The number of para-hydroxylation sites is 1. The third kappa shape index (κ3) is 2.87. The Kier molecular flexibility index (Phi) is 3.85. The van der Waals surface area contributed by atoms with E-state index in [4.69, 9.17) is 0 Å². The van der Waals surface area contributed by atoms with Gasteiger partial charge < -0.3 is 0 Å². The number of hydrogen-bond donors (Lipinski definition) is 1. The topological polar surface area (TPSA) is 75.5 Å². The van der Waals surface area contributed by atoms with Gasteiger partial charge in [0, 0.05) is 5.69 Å². The molecule has 7 heteroatoms. The van der Waals surface area contributed by atoms with Gasteiger partial charge in [-0.25, -0.2) is 4.98 Å². The molecule has 0 aliphatic carbocycles. The van der Waals surface area contributed by atoms with Crippen molar-refractivity contribution in [3.63, 3.8) is 0 Å². The Hall–Kier alpha value is -2.54. The highest BCUT2D eigenvalue weighted by molar-refractivity contribution is 5.32. The maximum atomic E-state index is 4.35. The van der Waals surface area contributed by atoms with E-state index in [-0.39, 0.29) is 6.04 Å². The van der Waals surface area contributed by atoms with Gasteiger partial charge in [0.15, 0.2) is 5.82 Å². The fourth-order valence-corrected chi connectivity index (χ4v) is 3.22. The van der Waals surface area contributed by atoms with Crippen LogP contribution in [0.2, 0.25) is 0 Å². The second kappa shape index (κ2) is 6.29. The molecule has 1 atom stereocenters. The van der Waals surface area contributed by atoms with Crippen LogP contribution < -0.4 is 0 Å². The average molecular weight is 309 g/mol. The predicted molar refractivity (Wildman–Crippen MR) is 84.7 cm³/mol. The largest absolute Gasteiger partial charge is 0.286 e. The van der Waals surface area contributed by atoms with Gasteiger partial charge in [-0.15, -0.1) is 10.2 Å². The van der Waals surface area contributed by atoms with E-state index in [1.165, 1.54) is 12.8 Å². The van der Waals surface area contributed by atoms with Crippen molar-refractivity contribution in [2.24, 2.45) is 0 Å². The summed E-state index contributed by atoms with van der Waals surface area (Å²) in [6.07, 6.45) is 6.86. The van der Waals surface area contributed by atoms with Gasteiger partial charge in [-0.05, 0) is 31.5 Å². The van der Waals surface area contributed by atoms with Crippen molar-refractivity contribution < 1.29 is 0 Å². The van der Waals surface area contributed by atoms with E-state index < -0.39 is 0 Å². The average Bonchev–Trinajstić information content (AvgIpc) is 3.28. The SMILES string of the molecule is c1ccc(-n2cnnc2CN2CCCC[C@H]2c2ncn[nH]2)cc1. The molecule has 4 rings (SSSR count). The molecule has 7 nitrogen and oxygen atoms in total.